The van der Waals surface area contributed by atoms with E-state index in [-0.39, 0.29) is 36.6 Å². The number of alkyl halides is 3. The summed E-state index contributed by atoms with van der Waals surface area (Å²) in [5, 5.41) is 9.17. The fourth-order valence-electron chi connectivity index (χ4n) is 4.35. The van der Waals surface area contributed by atoms with Gasteiger partial charge in [0.1, 0.15) is 11.4 Å². The van der Waals surface area contributed by atoms with Gasteiger partial charge in [-0.25, -0.2) is 4.98 Å². The van der Waals surface area contributed by atoms with E-state index in [0.29, 0.717) is 31.6 Å². The topological polar surface area (TPSA) is 85.4 Å². The first-order valence-electron chi connectivity index (χ1n) is 12.2. The van der Waals surface area contributed by atoms with Gasteiger partial charge in [0.25, 0.3) is 0 Å². The highest BCUT2D eigenvalue weighted by atomic mass is 35.5. The lowest BCUT2D eigenvalue weighted by atomic mass is 10.1. The van der Waals surface area contributed by atoms with Crippen molar-refractivity contribution in [1.82, 2.24) is 20.2 Å². The van der Waals surface area contributed by atoms with Gasteiger partial charge in [-0.2, -0.15) is 18.2 Å². The zero-order valence-corrected chi connectivity index (χ0v) is 20.9. The van der Waals surface area contributed by atoms with Crippen molar-refractivity contribution in [3.8, 4) is 0 Å². The van der Waals surface area contributed by atoms with Crippen LogP contribution in [-0.4, -0.2) is 66.6 Å². The van der Waals surface area contributed by atoms with E-state index in [1.807, 2.05) is 24.3 Å². The molecule has 2 aliphatic heterocycles. The van der Waals surface area contributed by atoms with E-state index in [1.165, 1.54) is 0 Å². The maximum atomic E-state index is 13.5. The first-order chi connectivity index (χ1) is 16.9. The molecule has 1 aromatic heterocycles. The molecule has 3 N–H and O–H groups in total. The summed E-state index contributed by atoms with van der Waals surface area (Å²) < 4.78 is 40.5. The summed E-state index contributed by atoms with van der Waals surface area (Å²) in [5.41, 5.74) is 0.875. The molecule has 8 nitrogen and oxygen atoms in total. The summed E-state index contributed by atoms with van der Waals surface area (Å²) in [5.74, 6) is -0.0774. The molecule has 198 valence electrons. The Kier molecular flexibility index (Phi) is 10.0. The van der Waals surface area contributed by atoms with Crippen molar-refractivity contribution in [2.24, 2.45) is 0 Å². The quantitative estimate of drug-likeness (QED) is 0.442. The number of likely N-dealkylation sites (tertiary alicyclic amines) is 1. The number of anilines is 4. The van der Waals surface area contributed by atoms with Gasteiger partial charge in [-0.1, -0.05) is 0 Å². The third-order valence-corrected chi connectivity index (χ3v) is 6.24. The van der Waals surface area contributed by atoms with Crippen LogP contribution in [-0.2, 0) is 11.0 Å². The van der Waals surface area contributed by atoms with Crippen LogP contribution in [0.1, 0.15) is 37.7 Å². The molecular weight excluding hydrogens is 495 g/mol. The molecule has 0 radical (unpaired) electrons. The molecule has 0 bridgehead atoms. The highest BCUT2D eigenvalue weighted by molar-refractivity contribution is 5.85. The molecule has 0 aliphatic carbocycles. The van der Waals surface area contributed by atoms with Gasteiger partial charge in [0.2, 0.25) is 11.9 Å². The van der Waals surface area contributed by atoms with E-state index >= 15 is 0 Å². The molecule has 2 aromatic rings. The van der Waals surface area contributed by atoms with Crippen molar-refractivity contribution in [2.45, 2.75) is 38.3 Å². The number of benzene rings is 1. The molecule has 3 heterocycles. The van der Waals surface area contributed by atoms with Crippen molar-refractivity contribution in [3.63, 3.8) is 0 Å². The van der Waals surface area contributed by atoms with Crippen LogP contribution in [0, 0.1) is 0 Å². The van der Waals surface area contributed by atoms with Gasteiger partial charge < -0.3 is 25.8 Å². The molecule has 0 spiro atoms. The van der Waals surface area contributed by atoms with Crippen LogP contribution in [0.4, 0.5) is 36.3 Å². The lowest BCUT2D eigenvalue weighted by Gasteiger charge is -2.26. The summed E-state index contributed by atoms with van der Waals surface area (Å²) in [6, 6.07) is 7.71. The Hall–Kier alpha value is -2.79. The van der Waals surface area contributed by atoms with E-state index in [2.05, 4.69) is 30.8 Å². The Labute approximate surface area is 215 Å². The molecule has 1 aromatic carbocycles. The van der Waals surface area contributed by atoms with Crippen molar-refractivity contribution >= 4 is 41.5 Å². The van der Waals surface area contributed by atoms with Crippen molar-refractivity contribution in [3.05, 3.63) is 36.0 Å². The number of nitrogens with one attached hydrogen (secondary N) is 3. The molecule has 0 unspecified atom stereocenters. The third kappa shape index (κ3) is 7.60. The summed E-state index contributed by atoms with van der Waals surface area (Å²) in [4.78, 5) is 24.0. The molecule has 0 saturated carbocycles. The Bertz CT molecular complexity index is 983. The van der Waals surface area contributed by atoms with Crippen LogP contribution < -0.4 is 20.9 Å². The number of rotatable bonds is 8. The average Bonchev–Trinajstić information content (AvgIpc) is 3.12. The van der Waals surface area contributed by atoms with Gasteiger partial charge in [0.15, 0.2) is 0 Å². The first-order valence-corrected chi connectivity index (χ1v) is 12.2. The predicted octanol–water partition coefficient (Wildman–Crippen LogP) is 4.28. The minimum Gasteiger partial charge on any atom is -0.370 e. The van der Waals surface area contributed by atoms with Crippen LogP contribution in [0.5, 0.6) is 0 Å². The number of hydrogen-bond acceptors (Lipinski definition) is 7. The molecule has 0 atom stereocenters. The van der Waals surface area contributed by atoms with Gasteiger partial charge in [-0.3, -0.25) is 4.79 Å². The van der Waals surface area contributed by atoms with Gasteiger partial charge in [-0.15, -0.1) is 12.4 Å². The number of halogens is 4. The molecule has 1 amide bonds. The molecule has 36 heavy (non-hydrogen) atoms. The maximum Gasteiger partial charge on any atom is 0.421 e. The van der Waals surface area contributed by atoms with Crippen LogP contribution >= 0.6 is 12.4 Å². The molecule has 4 rings (SSSR count). The molecule has 2 fully saturated rings. The zero-order chi connectivity index (χ0) is 24.7. The highest BCUT2D eigenvalue weighted by Gasteiger charge is 2.35. The predicted molar refractivity (Wildman–Crippen MR) is 137 cm³/mol. The number of carbonyl (C=O) groups excluding carboxylic acids is 1. The minimum atomic E-state index is -4.58. The van der Waals surface area contributed by atoms with Crippen LogP contribution in [0.15, 0.2) is 30.5 Å². The zero-order valence-electron chi connectivity index (χ0n) is 20.1. The second-order valence-electron chi connectivity index (χ2n) is 8.83. The van der Waals surface area contributed by atoms with Gasteiger partial charge in [0, 0.05) is 63.3 Å². The van der Waals surface area contributed by atoms with E-state index in [9.17, 15) is 18.0 Å². The fraction of sp³-hybridized carbons (Fsp3) is 0.542. The molecule has 2 aliphatic rings. The number of piperidine rings is 1. The fourth-order valence-corrected chi connectivity index (χ4v) is 4.35. The Morgan fingerprint density at radius 1 is 1.03 bits per heavy atom. The molecule has 2 saturated heterocycles. The van der Waals surface area contributed by atoms with Crippen molar-refractivity contribution < 1.29 is 18.0 Å². The molecule has 12 heteroatoms. The van der Waals surface area contributed by atoms with E-state index in [4.69, 9.17) is 0 Å². The summed E-state index contributed by atoms with van der Waals surface area (Å²) in [6.45, 7) is 5.34. The largest absolute Gasteiger partial charge is 0.421 e. The van der Waals surface area contributed by atoms with Crippen LogP contribution in [0.3, 0.4) is 0 Å². The Morgan fingerprint density at radius 2 is 1.83 bits per heavy atom. The minimum absolute atomic E-state index is 0. The summed E-state index contributed by atoms with van der Waals surface area (Å²) in [7, 11) is 0. The number of amides is 1. The maximum absolute atomic E-state index is 13.5. The Morgan fingerprint density at radius 3 is 2.58 bits per heavy atom. The SMILES string of the molecule is Cl.O=C1CCCCN1CCCNc1nc(Nc2ccc(N3CCCNCC3)cc2)ncc1C(F)(F)F. The Balaban J connectivity index is 0.00000361. The van der Waals surface area contributed by atoms with Crippen LogP contribution in [0.25, 0.3) is 0 Å². The number of hydrogen-bond donors (Lipinski definition) is 3. The van der Waals surface area contributed by atoms with Gasteiger partial charge in [0.05, 0.1) is 0 Å². The number of carbonyl (C=O) groups is 1. The van der Waals surface area contributed by atoms with E-state index in [0.717, 1.165) is 57.3 Å². The van der Waals surface area contributed by atoms with Crippen molar-refractivity contribution in [1.29, 1.82) is 0 Å². The second kappa shape index (κ2) is 13.0. The van der Waals surface area contributed by atoms with E-state index in [1.54, 1.807) is 4.90 Å². The normalized spacial score (nSPS) is 16.8. The lowest BCUT2D eigenvalue weighted by molar-refractivity contribution is -0.137. The standard InChI is InChI=1S/C24H32F3N7O.ClH/c25-24(26,27)20-17-30-23(32-22(20)29-11-4-15-34-13-2-1-5-21(34)35)31-18-6-8-19(9-7-18)33-14-3-10-28-12-16-33;/h6-9,17,28H,1-5,10-16H2,(H2,29,30,31,32);1H. The third-order valence-electron chi connectivity index (χ3n) is 6.24. The monoisotopic (exact) mass is 527 g/mol. The second-order valence-corrected chi connectivity index (χ2v) is 8.83. The van der Waals surface area contributed by atoms with Gasteiger partial charge in [-0.05, 0) is 56.5 Å². The van der Waals surface area contributed by atoms with Crippen molar-refractivity contribution in [2.75, 3.05) is 61.3 Å². The smallest absolute Gasteiger partial charge is 0.370 e. The van der Waals surface area contributed by atoms with Gasteiger partial charge >= 0.3 is 6.18 Å². The lowest BCUT2D eigenvalue weighted by Crippen LogP contribution is -2.36. The average molecular weight is 528 g/mol. The number of aromatic nitrogens is 2. The highest BCUT2D eigenvalue weighted by Crippen LogP contribution is 2.34. The van der Waals surface area contributed by atoms with Crippen LogP contribution in [0.2, 0.25) is 0 Å². The first kappa shape index (κ1) is 27.8. The molecular formula is C24H33ClF3N7O. The summed E-state index contributed by atoms with van der Waals surface area (Å²) in [6.07, 6.45) is 0.236. The number of nitrogens with zero attached hydrogens (tertiary/aromatic N) is 4. The summed E-state index contributed by atoms with van der Waals surface area (Å²) >= 11 is 0. The van der Waals surface area contributed by atoms with E-state index < -0.39 is 11.7 Å².